The van der Waals surface area contributed by atoms with Gasteiger partial charge in [0.1, 0.15) is 0 Å². The van der Waals surface area contributed by atoms with Crippen LogP contribution in [0.5, 0.6) is 0 Å². The summed E-state index contributed by atoms with van der Waals surface area (Å²) in [6.45, 7) is 0. The maximum Gasteiger partial charge on any atom is 0.0774 e. The lowest BCUT2D eigenvalue weighted by molar-refractivity contribution is 0.581. The van der Waals surface area contributed by atoms with E-state index in [9.17, 15) is 0 Å². The molecule has 0 fully saturated rings. The van der Waals surface area contributed by atoms with Crippen LogP contribution < -0.4 is 0 Å². The Morgan fingerprint density at radius 1 is 0.379 bits per heavy atom. The van der Waals surface area contributed by atoms with Crippen molar-refractivity contribution in [1.82, 2.24) is 0 Å². The molecule has 0 amide bonds. The molecule has 144 valence electrons. The Morgan fingerprint density at radius 3 is 0.793 bits per heavy atom. The largest absolute Gasteiger partial charge is 0.0774 e. The predicted molar refractivity (Wildman–Crippen MR) is 130 cm³/mol. The number of benzene rings is 4. The summed E-state index contributed by atoms with van der Waals surface area (Å²) in [7, 11) is 0. The zero-order chi connectivity index (χ0) is 20.2. The van der Waals surface area contributed by atoms with E-state index < -0.39 is 0 Å². The van der Waals surface area contributed by atoms with E-state index in [0.717, 1.165) is 6.42 Å². The first kappa shape index (κ1) is 20.1. The highest BCUT2D eigenvalue weighted by Crippen LogP contribution is 2.53. The summed E-state index contributed by atoms with van der Waals surface area (Å²) in [5.74, 6) is 0. The maximum absolute atomic E-state index is 4.20. The molecule has 0 aliphatic carbocycles. The zero-order valence-corrected chi connectivity index (χ0v) is 19.2. The molecule has 4 aromatic rings. The van der Waals surface area contributed by atoms with E-state index in [4.69, 9.17) is 0 Å². The fraction of sp³-hybridized carbons (Fsp3) is 0.111. The lowest BCUT2D eigenvalue weighted by Crippen LogP contribution is -2.32. The van der Waals surface area contributed by atoms with Crippen molar-refractivity contribution in [2.24, 2.45) is 0 Å². The molecule has 29 heavy (non-hydrogen) atoms. The van der Waals surface area contributed by atoms with Gasteiger partial charge in [-0.3, -0.25) is 0 Å². The molecule has 0 aliphatic rings. The number of halogens is 2. The second-order valence-corrected chi connectivity index (χ2v) is 9.95. The van der Waals surface area contributed by atoms with Crippen molar-refractivity contribution >= 4 is 31.9 Å². The Bertz CT molecular complexity index is 863. The molecule has 2 heteroatoms. The highest BCUT2D eigenvalue weighted by atomic mass is 79.9. The number of hydrogen-bond acceptors (Lipinski definition) is 0. The molecule has 0 bridgehead atoms. The topological polar surface area (TPSA) is 0 Å². The van der Waals surface area contributed by atoms with E-state index in [-0.39, 0.29) is 8.65 Å². The van der Waals surface area contributed by atoms with Gasteiger partial charge in [-0.15, -0.1) is 0 Å². The third kappa shape index (κ3) is 4.10. The summed E-state index contributed by atoms with van der Waals surface area (Å²) in [4.78, 5) is 0. The van der Waals surface area contributed by atoms with E-state index in [1.165, 1.54) is 22.3 Å². The Kier molecular flexibility index (Phi) is 6.03. The lowest BCUT2D eigenvalue weighted by Gasteiger charge is -2.39. The van der Waals surface area contributed by atoms with Gasteiger partial charge in [0.05, 0.1) is 8.65 Å². The van der Waals surface area contributed by atoms with Crippen molar-refractivity contribution in [3.63, 3.8) is 0 Å². The van der Waals surface area contributed by atoms with E-state index in [0.29, 0.717) is 0 Å². The highest BCUT2D eigenvalue weighted by Gasteiger charge is 2.42. The quantitative estimate of drug-likeness (QED) is 0.232. The van der Waals surface area contributed by atoms with Crippen LogP contribution in [0.3, 0.4) is 0 Å². The summed E-state index contributed by atoms with van der Waals surface area (Å²) in [5.41, 5.74) is 4.95. The fourth-order valence-electron chi connectivity index (χ4n) is 3.89. The van der Waals surface area contributed by atoms with Crippen LogP contribution in [0.25, 0.3) is 0 Å². The second kappa shape index (κ2) is 8.69. The minimum atomic E-state index is -0.356. The molecule has 0 N–H and O–H groups in total. The molecule has 4 aromatic carbocycles. The van der Waals surface area contributed by atoms with Gasteiger partial charge in [0.25, 0.3) is 0 Å². The molecule has 0 atom stereocenters. The summed E-state index contributed by atoms with van der Waals surface area (Å²) < 4.78 is -0.713. The monoisotopic (exact) mass is 504 g/mol. The smallest absolute Gasteiger partial charge is 0.0748 e. The Hall–Kier alpha value is -2.16. The van der Waals surface area contributed by atoms with Gasteiger partial charge in [-0.25, -0.2) is 0 Å². The van der Waals surface area contributed by atoms with E-state index in [1.807, 2.05) is 0 Å². The molecule has 0 nitrogen and oxygen atoms in total. The van der Waals surface area contributed by atoms with E-state index >= 15 is 0 Å². The van der Waals surface area contributed by atoms with Gasteiger partial charge in [0, 0.05) is 0 Å². The average molecular weight is 506 g/mol. The molecular formula is C27H22Br2. The first-order valence-corrected chi connectivity index (χ1v) is 11.3. The van der Waals surface area contributed by atoms with E-state index in [2.05, 4.69) is 153 Å². The third-order valence-corrected chi connectivity index (χ3v) is 7.80. The first-order chi connectivity index (χ1) is 14.1. The Morgan fingerprint density at radius 2 is 0.586 bits per heavy atom. The molecule has 4 rings (SSSR count). The van der Waals surface area contributed by atoms with Crippen LogP contribution in [0.15, 0.2) is 121 Å². The molecule has 0 heterocycles. The molecule has 0 saturated carbocycles. The van der Waals surface area contributed by atoms with Crippen LogP contribution in [-0.4, -0.2) is 0 Å². The summed E-state index contributed by atoms with van der Waals surface area (Å²) in [5, 5.41) is 0. The van der Waals surface area contributed by atoms with Crippen LogP contribution >= 0.6 is 31.9 Å². The molecule has 0 aromatic heterocycles. The highest BCUT2D eigenvalue weighted by molar-refractivity contribution is 9.10. The predicted octanol–water partition coefficient (Wildman–Crippen LogP) is 8.05. The number of alkyl halides is 2. The third-order valence-electron chi connectivity index (χ3n) is 5.41. The Labute approximate surface area is 189 Å². The summed E-state index contributed by atoms with van der Waals surface area (Å²) >= 11 is 8.40. The fourth-order valence-corrected chi connectivity index (χ4v) is 6.16. The summed E-state index contributed by atoms with van der Waals surface area (Å²) in [6.07, 6.45) is 0.808. The SMILES string of the molecule is BrC(CC(Br)(c1ccccc1)c1ccccc1)(c1ccccc1)c1ccccc1. The van der Waals surface area contributed by atoms with Crippen LogP contribution in [0.1, 0.15) is 28.7 Å². The van der Waals surface area contributed by atoms with Crippen molar-refractivity contribution in [1.29, 1.82) is 0 Å². The van der Waals surface area contributed by atoms with Gasteiger partial charge in [-0.05, 0) is 28.7 Å². The van der Waals surface area contributed by atoms with Gasteiger partial charge in [-0.2, -0.15) is 0 Å². The van der Waals surface area contributed by atoms with Crippen LogP contribution in [0.4, 0.5) is 0 Å². The van der Waals surface area contributed by atoms with Crippen molar-refractivity contribution in [2.75, 3.05) is 0 Å². The lowest BCUT2D eigenvalue weighted by atomic mass is 9.78. The molecular weight excluding hydrogens is 484 g/mol. The van der Waals surface area contributed by atoms with Gasteiger partial charge in [0.15, 0.2) is 0 Å². The molecule has 0 unspecified atom stereocenters. The molecule has 0 aliphatic heterocycles. The van der Waals surface area contributed by atoms with Crippen molar-refractivity contribution in [3.8, 4) is 0 Å². The molecule has 0 radical (unpaired) electrons. The van der Waals surface area contributed by atoms with Gasteiger partial charge >= 0.3 is 0 Å². The normalized spacial score (nSPS) is 11.9. The van der Waals surface area contributed by atoms with Crippen molar-refractivity contribution in [3.05, 3.63) is 144 Å². The number of rotatable bonds is 6. The minimum absolute atomic E-state index is 0.356. The standard InChI is InChI=1S/C27H22Br2/c28-26(22-13-5-1-6-14-22,23-15-7-2-8-16-23)21-27(29,24-17-9-3-10-18-24)25-19-11-4-12-20-25/h1-20H,21H2. The average Bonchev–Trinajstić information content (AvgIpc) is 2.81. The maximum atomic E-state index is 4.20. The van der Waals surface area contributed by atoms with Crippen molar-refractivity contribution in [2.45, 2.75) is 15.1 Å². The van der Waals surface area contributed by atoms with E-state index in [1.54, 1.807) is 0 Å². The minimum Gasteiger partial charge on any atom is -0.0748 e. The molecule has 0 saturated heterocycles. The first-order valence-electron chi connectivity index (χ1n) is 9.73. The molecule has 0 spiro atoms. The van der Waals surface area contributed by atoms with Gasteiger partial charge in [-0.1, -0.05) is 153 Å². The van der Waals surface area contributed by atoms with Crippen LogP contribution in [-0.2, 0) is 8.65 Å². The van der Waals surface area contributed by atoms with Crippen molar-refractivity contribution < 1.29 is 0 Å². The van der Waals surface area contributed by atoms with Crippen LogP contribution in [0, 0.1) is 0 Å². The summed E-state index contributed by atoms with van der Waals surface area (Å²) in [6, 6.07) is 42.7. The Balaban J connectivity index is 1.91. The van der Waals surface area contributed by atoms with Gasteiger partial charge in [0.2, 0.25) is 0 Å². The second-order valence-electron chi connectivity index (χ2n) is 7.24. The number of hydrogen-bond donors (Lipinski definition) is 0. The van der Waals surface area contributed by atoms with Crippen LogP contribution in [0.2, 0.25) is 0 Å². The van der Waals surface area contributed by atoms with Gasteiger partial charge < -0.3 is 0 Å². The zero-order valence-electron chi connectivity index (χ0n) is 16.0.